The number of hydrogen-bond acceptors (Lipinski definition) is 4. The summed E-state index contributed by atoms with van der Waals surface area (Å²) in [6.45, 7) is 6.00. The summed E-state index contributed by atoms with van der Waals surface area (Å²) in [7, 11) is 1.85. The van der Waals surface area contributed by atoms with Crippen LogP contribution in [-0.4, -0.2) is 36.0 Å². The fourth-order valence-electron chi connectivity index (χ4n) is 1.29. The lowest BCUT2D eigenvalue weighted by Gasteiger charge is -2.24. The summed E-state index contributed by atoms with van der Waals surface area (Å²) in [5, 5.41) is 2.46. The van der Waals surface area contributed by atoms with E-state index >= 15 is 0 Å². The second-order valence-electron chi connectivity index (χ2n) is 4.82. The molecule has 0 aromatic carbocycles. The summed E-state index contributed by atoms with van der Waals surface area (Å²) in [4.78, 5) is 24.8. The number of carbonyl (C=O) groups excluding carboxylic acids is 2. The number of nitrogens with zero attached hydrogens (tertiary/aromatic N) is 1. The third kappa shape index (κ3) is 3.92. The van der Waals surface area contributed by atoms with E-state index in [1.807, 2.05) is 11.9 Å². The minimum Gasteiger partial charge on any atom is -0.444 e. The molecule has 16 heavy (non-hydrogen) atoms. The summed E-state index contributed by atoms with van der Waals surface area (Å²) in [5.74, 6) is -0.0658. The van der Waals surface area contributed by atoms with Gasteiger partial charge in [-0.05, 0) is 20.8 Å². The Morgan fingerprint density at radius 3 is 2.75 bits per heavy atom. The Hall–Kier alpha value is -1.52. The number of carbonyl (C=O) groups is 2. The molecule has 5 heteroatoms. The summed E-state index contributed by atoms with van der Waals surface area (Å²) < 4.78 is 5.06. The van der Waals surface area contributed by atoms with Crippen molar-refractivity contribution in [3.63, 3.8) is 0 Å². The molecule has 1 heterocycles. The lowest BCUT2D eigenvalue weighted by molar-refractivity contribution is -0.116. The zero-order valence-electron chi connectivity index (χ0n) is 10.2. The zero-order chi connectivity index (χ0) is 12.3. The lowest BCUT2D eigenvalue weighted by atomic mass is 10.1. The van der Waals surface area contributed by atoms with E-state index in [9.17, 15) is 9.59 Å². The van der Waals surface area contributed by atoms with E-state index in [-0.39, 0.29) is 7.21 Å². The smallest absolute Gasteiger partial charge is 0.412 e. The van der Waals surface area contributed by atoms with Crippen LogP contribution >= 0.6 is 0 Å². The third-order valence-electron chi connectivity index (χ3n) is 1.98. The minimum atomic E-state index is -0.595. The summed E-state index contributed by atoms with van der Waals surface area (Å²) in [6, 6.07) is 0. The van der Waals surface area contributed by atoms with Gasteiger partial charge in [-0.2, -0.15) is 0 Å². The maximum absolute atomic E-state index is 11.5. The molecule has 0 saturated carbocycles. The Kier molecular flexibility index (Phi) is 3.57. The van der Waals surface area contributed by atoms with Crippen LogP contribution in [0.25, 0.3) is 0 Å². The number of amides is 1. The Labute approximate surface area is 96.9 Å². The largest absolute Gasteiger partial charge is 0.444 e. The van der Waals surface area contributed by atoms with Crippen LogP contribution in [0.1, 0.15) is 28.6 Å². The van der Waals surface area contributed by atoms with Gasteiger partial charge in [0.1, 0.15) is 11.3 Å². The highest BCUT2D eigenvalue weighted by atomic mass is 16.6. The molecular formula is C11H20N2O3. The van der Waals surface area contributed by atoms with Gasteiger partial charge in [0, 0.05) is 27.6 Å². The minimum absolute atomic E-state index is 0. The molecule has 0 bridgehead atoms. The molecule has 0 spiro atoms. The van der Waals surface area contributed by atoms with Crippen molar-refractivity contribution in [2.45, 2.75) is 32.8 Å². The number of Topliss-reactive ketones (excluding diaryl/α,β-unsaturated/α-hetero) is 1. The highest BCUT2D eigenvalue weighted by Gasteiger charge is 2.21. The first kappa shape index (κ1) is 12.5. The number of alkyl carbamates (subject to hydrolysis) is 1. The standard InChI is InChI=1S/C11H18N2O3.H2/c1-11(2,3)16-10(15)12-8-7-13(4)6-5-9(8)14;/h7H,5-6H2,1-4H3,(H,12,15);1H. The van der Waals surface area contributed by atoms with E-state index < -0.39 is 11.7 Å². The lowest BCUT2D eigenvalue weighted by Crippen LogP contribution is -2.37. The molecule has 1 rings (SSSR count). The molecule has 0 atom stereocenters. The fraction of sp³-hybridized carbons (Fsp3) is 0.636. The van der Waals surface area contributed by atoms with E-state index in [0.29, 0.717) is 18.7 Å². The van der Waals surface area contributed by atoms with Crippen molar-refractivity contribution in [3.8, 4) is 0 Å². The van der Waals surface area contributed by atoms with Gasteiger partial charge < -0.3 is 9.64 Å². The van der Waals surface area contributed by atoms with Crippen LogP contribution in [0.4, 0.5) is 4.79 Å². The number of rotatable bonds is 1. The summed E-state index contributed by atoms with van der Waals surface area (Å²) in [5.41, 5.74) is -0.267. The molecule has 0 radical (unpaired) electrons. The highest BCUT2D eigenvalue weighted by Crippen LogP contribution is 2.10. The topological polar surface area (TPSA) is 58.6 Å². The molecule has 0 unspecified atom stereocenters. The summed E-state index contributed by atoms with van der Waals surface area (Å²) >= 11 is 0. The van der Waals surface area contributed by atoms with Crippen LogP contribution < -0.4 is 5.32 Å². The normalized spacial score (nSPS) is 16.9. The first-order chi connectivity index (χ1) is 7.28. The van der Waals surface area contributed by atoms with Crippen molar-refractivity contribution in [2.75, 3.05) is 13.6 Å². The van der Waals surface area contributed by atoms with Gasteiger partial charge in [0.2, 0.25) is 0 Å². The Morgan fingerprint density at radius 1 is 1.56 bits per heavy atom. The van der Waals surface area contributed by atoms with Crippen molar-refractivity contribution in [1.29, 1.82) is 0 Å². The number of hydrogen-bond donors (Lipinski definition) is 1. The Bertz CT molecular complexity index is 334. The Morgan fingerprint density at radius 2 is 2.19 bits per heavy atom. The highest BCUT2D eigenvalue weighted by molar-refractivity contribution is 5.98. The molecule has 1 aliphatic heterocycles. The second kappa shape index (κ2) is 4.55. The molecule has 0 saturated heterocycles. The molecule has 0 aromatic heterocycles. The number of ketones is 1. The van der Waals surface area contributed by atoms with Crippen molar-refractivity contribution >= 4 is 11.9 Å². The van der Waals surface area contributed by atoms with Gasteiger partial charge in [-0.1, -0.05) is 0 Å². The van der Waals surface area contributed by atoms with E-state index in [0.717, 1.165) is 0 Å². The molecule has 5 nitrogen and oxygen atoms in total. The SMILES string of the molecule is CN1C=C(NC(=O)OC(C)(C)C)C(=O)CC1.[HH]. The predicted molar refractivity (Wildman–Crippen MR) is 61.8 cm³/mol. The maximum atomic E-state index is 11.5. The van der Waals surface area contributed by atoms with Crippen molar-refractivity contribution in [3.05, 3.63) is 11.9 Å². The van der Waals surface area contributed by atoms with Crippen molar-refractivity contribution < 1.29 is 15.8 Å². The van der Waals surface area contributed by atoms with Gasteiger partial charge in [-0.25, -0.2) is 4.79 Å². The molecule has 92 valence electrons. The van der Waals surface area contributed by atoms with Gasteiger partial charge in [0.25, 0.3) is 0 Å². The van der Waals surface area contributed by atoms with Crippen LogP contribution in [0, 0.1) is 0 Å². The van der Waals surface area contributed by atoms with Gasteiger partial charge in [-0.3, -0.25) is 10.1 Å². The molecule has 1 N–H and O–H groups in total. The van der Waals surface area contributed by atoms with Crippen molar-refractivity contribution in [1.82, 2.24) is 10.2 Å². The predicted octanol–water partition coefficient (Wildman–Crippen LogP) is 1.50. The van der Waals surface area contributed by atoms with E-state index in [4.69, 9.17) is 4.74 Å². The van der Waals surface area contributed by atoms with Gasteiger partial charge in [0.15, 0.2) is 5.78 Å². The average Bonchev–Trinajstić information content (AvgIpc) is 2.08. The molecule has 0 aromatic rings. The fourth-order valence-corrected chi connectivity index (χ4v) is 1.29. The van der Waals surface area contributed by atoms with Crippen LogP contribution in [0.5, 0.6) is 0 Å². The Balaban J connectivity index is 0.00000256. The summed E-state index contributed by atoms with van der Waals surface area (Å²) in [6.07, 6.45) is 1.44. The van der Waals surface area contributed by atoms with E-state index in [1.54, 1.807) is 27.0 Å². The van der Waals surface area contributed by atoms with Crippen LogP contribution in [0.3, 0.4) is 0 Å². The number of allylic oxidation sites excluding steroid dienone is 1. The third-order valence-corrected chi connectivity index (χ3v) is 1.98. The number of ether oxygens (including phenoxy) is 1. The zero-order valence-corrected chi connectivity index (χ0v) is 10.2. The quantitative estimate of drug-likeness (QED) is 0.739. The van der Waals surface area contributed by atoms with Crippen LogP contribution in [-0.2, 0) is 9.53 Å². The maximum Gasteiger partial charge on any atom is 0.412 e. The molecule has 1 aliphatic rings. The molecule has 1 amide bonds. The van der Waals surface area contributed by atoms with Gasteiger partial charge in [0.05, 0.1) is 0 Å². The first-order valence-electron chi connectivity index (χ1n) is 5.23. The monoisotopic (exact) mass is 228 g/mol. The van der Waals surface area contributed by atoms with Crippen LogP contribution in [0.2, 0.25) is 0 Å². The average molecular weight is 228 g/mol. The van der Waals surface area contributed by atoms with Crippen molar-refractivity contribution in [2.24, 2.45) is 0 Å². The van der Waals surface area contributed by atoms with Gasteiger partial charge in [-0.15, -0.1) is 0 Å². The number of nitrogens with one attached hydrogen (secondary N) is 1. The molecule has 0 aliphatic carbocycles. The van der Waals surface area contributed by atoms with Crippen LogP contribution in [0.15, 0.2) is 11.9 Å². The van der Waals surface area contributed by atoms with E-state index in [1.165, 1.54) is 0 Å². The molecular weight excluding hydrogens is 208 g/mol. The van der Waals surface area contributed by atoms with E-state index in [2.05, 4.69) is 5.32 Å². The second-order valence-corrected chi connectivity index (χ2v) is 4.82. The first-order valence-corrected chi connectivity index (χ1v) is 5.23. The van der Waals surface area contributed by atoms with Gasteiger partial charge >= 0.3 is 6.09 Å². The molecule has 0 fully saturated rings.